The smallest absolute Gasteiger partial charge is 0.317 e. The molecule has 2 aromatic heterocycles. The molecule has 0 aliphatic heterocycles. The summed E-state index contributed by atoms with van der Waals surface area (Å²) in [5.74, 6) is 5.80. The third-order valence-corrected chi connectivity index (χ3v) is 2.86. The highest BCUT2D eigenvalue weighted by Gasteiger charge is 2.16. The van der Waals surface area contributed by atoms with E-state index in [-0.39, 0.29) is 28.6 Å². The summed E-state index contributed by atoms with van der Waals surface area (Å²) in [6.07, 6.45) is 0. The van der Waals surface area contributed by atoms with E-state index in [9.17, 15) is 9.59 Å². The molecule has 0 atom stereocenters. The molecule has 0 radical (unpaired) electrons. The first-order chi connectivity index (χ1) is 8.99. The molecule has 0 unspecified atom stereocenters. The number of H-pyrrole nitrogens is 1. The number of nitrogens with two attached hydrogens (primary N) is 1. The molecule has 2 heterocycles. The molecule has 0 bridgehead atoms. The first-order valence-electron chi connectivity index (χ1n) is 6.19. The summed E-state index contributed by atoms with van der Waals surface area (Å²) in [5, 5.41) is 0. The van der Waals surface area contributed by atoms with E-state index < -0.39 is 0 Å². The van der Waals surface area contributed by atoms with Gasteiger partial charge in [0.05, 0.1) is 0 Å². The third-order valence-electron chi connectivity index (χ3n) is 2.86. The zero-order chi connectivity index (χ0) is 14.2. The molecule has 2 aromatic rings. The Bertz CT molecular complexity index is 708. The van der Waals surface area contributed by atoms with Gasteiger partial charge in [-0.1, -0.05) is 13.8 Å². The monoisotopic (exact) mass is 266 g/mol. The van der Waals surface area contributed by atoms with Gasteiger partial charge in [-0.05, 0) is 12.8 Å². The second-order valence-corrected chi connectivity index (χ2v) is 4.76. The molecule has 0 amide bonds. The molecule has 0 saturated heterocycles. The van der Waals surface area contributed by atoms with Gasteiger partial charge >= 0.3 is 5.69 Å². The highest BCUT2D eigenvalue weighted by molar-refractivity contribution is 5.72. The molecule has 0 fully saturated rings. The van der Waals surface area contributed by atoms with E-state index in [2.05, 4.69) is 15.4 Å². The fourth-order valence-corrected chi connectivity index (χ4v) is 2.04. The van der Waals surface area contributed by atoms with Gasteiger partial charge in [-0.3, -0.25) is 19.4 Å². The molecule has 8 nitrogen and oxygen atoms in total. The van der Waals surface area contributed by atoms with Crippen molar-refractivity contribution in [3.63, 3.8) is 0 Å². The van der Waals surface area contributed by atoms with Crippen molar-refractivity contribution in [2.75, 3.05) is 5.43 Å². The Morgan fingerprint density at radius 1 is 1.37 bits per heavy atom. The van der Waals surface area contributed by atoms with Crippen molar-refractivity contribution in [2.45, 2.75) is 33.9 Å². The van der Waals surface area contributed by atoms with E-state index in [4.69, 9.17) is 5.84 Å². The van der Waals surface area contributed by atoms with Crippen LogP contribution in [0.2, 0.25) is 0 Å². The van der Waals surface area contributed by atoms with Gasteiger partial charge in [-0.15, -0.1) is 0 Å². The Morgan fingerprint density at radius 2 is 2.05 bits per heavy atom. The lowest BCUT2D eigenvalue weighted by Crippen LogP contribution is -2.40. The van der Waals surface area contributed by atoms with Crippen LogP contribution in [0.5, 0.6) is 0 Å². The lowest BCUT2D eigenvalue weighted by molar-refractivity contribution is 0.491. The molecule has 8 heteroatoms. The van der Waals surface area contributed by atoms with E-state index in [0.717, 1.165) is 0 Å². The first-order valence-corrected chi connectivity index (χ1v) is 6.19. The lowest BCUT2D eigenvalue weighted by atomic mass is 10.2. The minimum Gasteiger partial charge on any atom is -0.317 e. The van der Waals surface area contributed by atoms with Crippen LogP contribution in [0.25, 0.3) is 11.2 Å². The zero-order valence-electron chi connectivity index (χ0n) is 11.2. The van der Waals surface area contributed by atoms with Crippen molar-refractivity contribution in [1.29, 1.82) is 0 Å². The van der Waals surface area contributed by atoms with E-state index >= 15 is 0 Å². The van der Waals surface area contributed by atoms with Gasteiger partial charge in [0.2, 0.25) is 5.95 Å². The summed E-state index contributed by atoms with van der Waals surface area (Å²) in [6, 6.07) is 0. The molecular formula is C11H18N6O2. The molecule has 0 aliphatic rings. The Hall–Kier alpha value is -2.09. The number of nitrogen functional groups attached to an aromatic ring is 1. The number of fused-ring (bicyclic) bond motifs is 1. The van der Waals surface area contributed by atoms with Crippen molar-refractivity contribution in [2.24, 2.45) is 11.8 Å². The highest BCUT2D eigenvalue weighted by Crippen LogP contribution is 2.10. The van der Waals surface area contributed by atoms with Gasteiger partial charge in [0.1, 0.15) is 0 Å². The molecule has 104 valence electrons. The number of imidazole rings is 1. The molecule has 0 saturated carbocycles. The normalized spacial score (nSPS) is 11.4. The molecule has 0 spiro atoms. The standard InChI is InChI=1S/C11H18N6O2/c1-4-16-9(18)7-8(14-10(13-7)15-12)17(11(16)19)5-6(2)3/h6H,4-5,12H2,1-3H3,(H2,13,14,15). The zero-order valence-corrected chi connectivity index (χ0v) is 11.2. The van der Waals surface area contributed by atoms with Crippen molar-refractivity contribution in [1.82, 2.24) is 19.1 Å². The Labute approximate surface area is 109 Å². The van der Waals surface area contributed by atoms with Crippen molar-refractivity contribution in [3.8, 4) is 0 Å². The van der Waals surface area contributed by atoms with Gasteiger partial charge in [-0.25, -0.2) is 10.6 Å². The average Bonchev–Trinajstić information content (AvgIpc) is 2.79. The van der Waals surface area contributed by atoms with Crippen LogP contribution in [0.15, 0.2) is 9.59 Å². The number of aromatic amines is 1. The number of nitrogens with one attached hydrogen (secondary N) is 2. The van der Waals surface area contributed by atoms with Crippen LogP contribution in [0, 0.1) is 5.92 Å². The first kappa shape index (κ1) is 13.3. The Balaban J connectivity index is 2.87. The number of aromatic nitrogens is 4. The topological polar surface area (TPSA) is 111 Å². The van der Waals surface area contributed by atoms with Gasteiger partial charge < -0.3 is 4.98 Å². The molecule has 0 aliphatic carbocycles. The minimum absolute atomic E-state index is 0.259. The van der Waals surface area contributed by atoms with Gasteiger partial charge in [-0.2, -0.15) is 4.98 Å². The maximum atomic E-state index is 12.3. The predicted molar refractivity (Wildman–Crippen MR) is 72.9 cm³/mol. The molecule has 19 heavy (non-hydrogen) atoms. The minimum atomic E-state index is -0.378. The fourth-order valence-electron chi connectivity index (χ4n) is 2.04. The summed E-state index contributed by atoms with van der Waals surface area (Å²) < 4.78 is 2.69. The third kappa shape index (κ3) is 2.14. The van der Waals surface area contributed by atoms with Crippen LogP contribution in [-0.4, -0.2) is 19.1 Å². The maximum Gasteiger partial charge on any atom is 0.332 e. The van der Waals surface area contributed by atoms with Crippen LogP contribution in [0.1, 0.15) is 20.8 Å². The molecular weight excluding hydrogens is 248 g/mol. The summed E-state index contributed by atoms with van der Waals surface area (Å²) in [4.78, 5) is 31.4. The summed E-state index contributed by atoms with van der Waals surface area (Å²) in [6.45, 7) is 6.55. The number of rotatable bonds is 4. The SMILES string of the molecule is CCn1c(=O)c2[nH]c(NN)nc2n(CC(C)C)c1=O. The second kappa shape index (κ2) is 4.88. The van der Waals surface area contributed by atoms with E-state index in [1.54, 1.807) is 6.92 Å². The van der Waals surface area contributed by atoms with Crippen LogP contribution in [0.3, 0.4) is 0 Å². The van der Waals surface area contributed by atoms with Crippen molar-refractivity contribution < 1.29 is 0 Å². The predicted octanol–water partition coefficient (Wildman–Crippen LogP) is -0.152. The maximum absolute atomic E-state index is 12.3. The number of nitrogens with zero attached hydrogens (tertiary/aromatic N) is 3. The second-order valence-electron chi connectivity index (χ2n) is 4.76. The van der Waals surface area contributed by atoms with Crippen LogP contribution in [-0.2, 0) is 13.1 Å². The average molecular weight is 266 g/mol. The van der Waals surface area contributed by atoms with Crippen LogP contribution >= 0.6 is 0 Å². The number of hydrogen-bond acceptors (Lipinski definition) is 5. The number of hydrazine groups is 1. The Kier molecular flexibility index (Phi) is 3.43. The van der Waals surface area contributed by atoms with Crippen molar-refractivity contribution >= 4 is 17.1 Å². The number of anilines is 1. The van der Waals surface area contributed by atoms with Crippen LogP contribution in [0.4, 0.5) is 5.95 Å². The van der Waals surface area contributed by atoms with Crippen LogP contribution < -0.4 is 22.5 Å². The quantitative estimate of drug-likeness (QED) is 0.526. The van der Waals surface area contributed by atoms with Crippen molar-refractivity contribution in [3.05, 3.63) is 20.8 Å². The van der Waals surface area contributed by atoms with Gasteiger partial charge in [0, 0.05) is 13.1 Å². The Morgan fingerprint density at radius 3 is 2.58 bits per heavy atom. The van der Waals surface area contributed by atoms with E-state index in [1.807, 2.05) is 13.8 Å². The molecule has 2 rings (SSSR count). The molecule has 4 N–H and O–H groups in total. The molecule has 0 aromatic carbocycles. The summed E-state index contributed by atoms with van der Waals surface area (Å²) >= 11 is 0. The summed E-state index contributed by atoms with van der Waals surface area (Å²) in [7, 11) is 0. The highest BCUT2D eigenvalue weighted by atomic mass is 16.2. The van der Waals surface area contributed by atoms with Gasteiger partial charge in [0.25, 0.3) is 5.56 Å². The van der Waals surface area contributed by atoms with E-state index in [1.165, 1.54) is 9.13 Å². The van der Waals surface area contributed by atoms with E-state index in [0.29, 0.717) is 18.7 Å². The summed E-state index contributed by atoms with van der Waals surface area (Å²) in [5.41, 5.74) is 2.25. The largest absolute Gasteiger partial charge is 0.332 e. The van der Waals surface area contributed by atoms with Gasteiger partial charge in [0.15, 0.2) is 11.2 Å². The number of hydrogen-bond donors (Lipinski definition) is 3. The lowest BCUT2D eigenvalue weighted by Gasteiger charge is -2.11. The fraction of sp³-hybridized carbons (Fsp3) is 0.545.